The van der Waals surface area contributed by atoms with Gasteiger partial charge in [-0.1, -0.05) is 17.8 Å². The lowest BCUT2D eigenvalue weighted by atomic mass is 10.2. The maximum atomic E-state index is 13.2. The van der Waals surface area contributed by atoms with Crippen molar-refractivity contribution in [3.63, 3.8) is 0 Å². The number of carbonyl (C=O) groups is 1. The Bertz CT molecular complexity index is 1150. The van der Waals surface area contributed by atoms with E-state index in [0.717, 1.165) is 27.6 Å². The zero-order chi connectivity index (χ0) is 21.8. The Morgan fingerprint density at radius 2 is 2.03 bits per heavy atom. The van der Waals surface area contributed by atoms with Crippen molar-refractivity contribution in [2.24, 2.45) is 7.05 Å². The highest BCUT2D eigenvalue weighted by atomic mass is 32.2. The van der Waals surface area contributed by atoms with Crippen LogP contribution in [0.25, 0.3) is 11.4 Å². The Morgan fingerprint density at radius 1 is 1.23 bits per heavy atom. The number of methoxy groups -OCH3 is 1. The third-order valence-corrected chi connectivity index (χ3v) is 6.70. The summed E-state index contributed by atoms with van der Waals surface area (Å²) >= 11 is 3.00. The van der Waals surface area contributed by atoms with Gasteiger partial charge in [-0.05, 0) is 48.7 Å². The molecule has 3 heterocycles. The van der Waals surface area contributed by atoms with Crippen molar-refractivity contribution in [3.8, 4) is 17.1 Å². The number of hydrogen-bond donors (Lipinski definition) is 0. The number of hydrogen-bond acceptors (Lipinski definition) is 7. The van der Waals surface area contributed by atoms with Crippen molar-refractivity contribution in [3.05, 3.63) is 64.7 Å². The molecule has 3 aromatic heterocycles. The molecule has 0 saturated heterocycles. The molecule has 0 aliphatic carbocycles. The number of nitrogens with zero attached hydrogens (tertiary/aromatic N) is 4. The molecule has 0 radical (unpaired) electrons. The topological polar surface area (TPSA) is 73.4 Å². The number of anilines is 1. The minimum atomic E-state index is -0.00684. The third kappa shape index (κ3) is 4.67. The molecule has 0 N–H and O–H groups in total. The van der Waals surface area contributed by atoms with E-state index in [1.54, 1.807) is 29.6 Å². The summed E-state index contributed by atoms with van der Waals surface area (Å²) in [6.07, 6.45) is 1.63. The molecule has 1 amide bonds. The number of aromatic nitrogens is 3. The number of rotatable bonds is 8. The van der Waals surface area contributed by atoms with Gasteiger partial charge in [0, 0.05) is 17.6 Å². The van der Waals surface area contributed by atoms with Crippen molar-refractivity contribution in [1.82, 2.24) is 14.8 Å². The third-order valence-electron chi connectivity index (χ3n) is 4.84. The van der Waals surface area contributed by atoms with Gasteiger partial charge in [-0.25, -0.2) is 0 Å². The fourth-order valence-corrected chi connectivity index (χ4v) is 4.62. The van der Waals surface area contributed by atoms with Crippen LogP contribution in [0.5, 0.6) is 5.75 Å². The predicted octanol–water partition coefficient (Wildman–Crippen LogP) is 4.78. The summed E-state index contributed by atoms with van der Waals surface area (Å²) in [6.45, 7) is 2.40. The molecule has 0 fully saturated rings. The van der Waals surface area contributed by atoms with E-state index < -0.39 is 0 Å². The lowest BCUT2D eigenvalue weighted by Gasteiger charge is -2.22. The van der Waals surface area contributed by atoms with Gasteiger partial charge in [0.1, 0.15) is 11.5 Å². The highest BCUT2D eigenvalue weighted by molar-refractivity contribution is 7.99. The Kier molecular flexibility index (Phi) is 6.43. The molecule has 0 aliphatic rings. The first-order valence-electron chi connectivity index (χ1n) is 9.60. The fourth-order valence-electron chi connectivity index (χ4n) is 3.14. The van der Waals surface area contributed by atoms with Gasteiger partial charge in [0.2, 0.25) is 5.91 Å². The van der Waals surface area contributed by atoms with Crippen molar-refractivity contribution >= 4 is 34.7 Å². The van der Waals surface area contributed by atoms with Crippen molar-refractivity contribution in [2.75, 3.05) is 17.8 Å². The number of thiophene rings is 1. The normalized spacial score (nSPS) is 10.9. The second-order valence-corrected chi connectivity index (χ2v) is 8.78. The van der Waals surface area contributed by atoms with Crippen LogP contribution in [0.1, 0.15) is 10.6 Å². The number of benzene rings is 1. The molecule has 7 nitrogen and oxygen atoms in total. The zero-order valence-electron chi connectivity index (χ0n) is 17.4. The highest BCUT2D eigenvalue weighted by Gasteiger charge is 2.20. The van der Waals surface area contributed by atoms with Crippen LogP contribution >= 0.6 is 23.1 Å². The van der Waals surface area contributed by atoms with Crippen LogP contribution in [-0.4, -0.2) is 33.5 Å². The molecule has 4 aromatic rings. The number of amides is 1. The van der Waals surface area contributed by atoms with E-state index in [9.17, 15) is 4.79 Å². The molecule has 0 atom stereocenters. The summed E-state index contributed by atoms with van der Waals surface area (Å²) in [7, 11) is 3.52. The van der Waals surface area contributed by atoms with Crippen LogP contribution in [0.3, 0.4) is 0 Å². The van der Waals surface area contributed by atoms with E-state index in [1.165, 1.54) is 11.8 Å². The SMILES string of the molecule is COc1ccc(N(Cc2cccs2)C(=O)CSc2nnc(-c3ccoc3C)n2C)cc1. The van der Waals surface area contributed by atoms with Gasteiger partial charge in [-0.3, -0.25) is 4.79 Å². The van der Waals surface area contributed by atoms with E-state index in [-0.39, 0.29) is 11.7 Å². The molecule has 0 bridgehead atoms. The maximum absolute atomic E-state index is 13.2. The average molecular weight is 455 g/mol. The first kappa shape index (κ1) is 21.2. The van der Waals surface area contributed by atoms with E-state index >= 15 is 0 Å². The van der Waals surface area contributed by atoms with Gasteiger partial charge in [-0.2, -0.15) is 0 Å². The Balaban J connectivity index is 1.51. The minimum Gasteiger partial charge on any atom is -0.497 e. The number of thioether (sulfide) groups is 1. The molecule has 0 aliphatic heterocycles. The van der Waals surface area contributed by atoms with Gasteiger partial charge in [0.05, 0.1) is 31.2 Å². The minimum absolute atomic E-state index is 0.00684. The standard InChI is InChI=1S/C22H22N4O3S2/c1-15-19(10-11-29-15)21-23-24-22(25(21)2)31-14-20(27)26(13-18-5-4-12-30-18)16-6-8-17(28-3)9-7-16/h4-12H,13-14H2,1-3H3. The van der Waals surface area contributed by atoms with Crippen molar-refractivity contribution < 1.29 is 13.9 Å². The van der Waals surface area contributed by atoms with Crippen LogP contribution in [-0.2, 0) is 18.4 Å². The predicted molar refractivity (Wildman–Crippen MR) is 123 cm³/mol. The molecule has 1 aromatic carbocycles. The number of carbonyl (C=O) groups excluding carboxylic acids is 1. The summed E-state index contributed by atoms with van der Waals surface area (Å²) in [5.41, 5.74) is 1.72. The Morgan fingerprint density at radius 3 is 2.68 bits per heavy atom. The largest absolute Gasteiger partial charge is 0.497 e. The first-order valence-corrected chi connectivity index (χ1v) is 11.5. The summed E-state index contributed by atoms with van der Waals surface area (Å²) < 4.78 is 12.5. The summed E-state index contributed by atoms with van der Waals surface area (Å²) in [5, 5.41) is 11.2. The number of ether oxygens (including phenoxy) is 1. The smallest absolute Gasteiger partial charge is 0.237 e. The van der Waals surface area contributed by atoms with Crippen LogP contribution in [0.4, 0.5) is 5.69 Å². The molecular formula is C22H22N4O3S2. The van der Waals surface area contributed by atoms with Gasteiger partial charge in [0.25, 0.3) is 0 Å². The lowest BCUT2D eigenvalue weighted by Crippen LogP contribution is -2.31. The quantitative estimate of drug-likeness (QED) is 0.357. The van der Waals surface area contributed by atoms with Crippen molar-refractivity contribution in [2.45, 2.75) is 18.6 Å². The second kappa shape index (κ2) is 9.40. The molecule has 160 valence electrons. The molecule has 4 rings (SSSR count). The summed E-state index contributed by atoms with van der Waals surface area (Å²) in [6, 6.07) is 13.4. The van der Waals surface area contributed by atoms with Crippen molar-refractivity contribution in [1.29, 1.82) is 0 Å². The summed E-state index contributed by atoms with van der Waals surface area (Å²) in [4.78, 5) is 16.1. The monoisotopic (exact) mass is 454 g/mol. The Labute approximate surface area is 188 Å². The summed E-state index contributed by atoms with van der Waals surface area (Å²) in [5.74, 6) is 2.49. The van der Waals surface area contributed by atoms with Crippen LogP contribution in [0, 0.1) is 6.92 Å². The number of aryl methyl sites for hydroxylation is 1. The maximum Gasteiger partial charge on any atom is 0.237 e. The van der Waals surface area contributed by atoms with Gasteiger partial charge in [0.15, 0.2) is 11.0 Å². The fraction of sp³-hybridized carbons (Fsp3) is 0.227. The van der Waals surface area contributed by atoms with E-state index in [2.05, 4.69) is 10.2 Å². The highest BCUT2D eigenvalue weighted by Crippen LogP contribution is 2.28. The van der Waals surface area contributed by atoms with E-state index in [0.29, 0.717) is 17.5 Å². The molecular weight excluding hydrogens is 432 g/mol. The number of furan rings is 1. The zero-order valence-corrected chi connectivity index (χ0v) is 19.1. The van der Waals surface area contributed by atoms with Gasteiger partial charge < -0.3 is 18.6 Å². The van der Waals surface area contributed by atoms with Gasteiger partial charge in [-0.15, -0.1) is 21.5 Å². The van der Waals surface area contributed by atoms with Gasteiger partial charge >= 0.3 is 0 Å². The van der Waals surface area contributed by atoms with Crippen LogP contribution in [0.2, 0.25) is 0 Å². The Hall–Kier alpha value is -3.04. The molecule has 0 unspecified atom stereocenters. The van der Waals surface area contributed by atoms with Crippen LogP contribution < -0.4 is 9.64 Å². The van der Waals surface area contributed by atoms with E-state index in [4.69, 9.17) is 9.15 Å². The average Bonchev–Trinajstić information content (AvgIpc) is 3.52. The first-order chi connectivity index (χ1) is 15.1. The molecule has 31 heavy (non-hydrogen) atoms. The molecule has 9 heteroatoms. The lowest BCUT2D eigenvalue weighted by molar-refractivity contribution is -0.116. The van der Waals surface area contributed by atoms with Crippen LogP contribution in [0.15, 0.2) is 63.7 Å². The molecule has 0 spiro atoms. The van der Waals surface area contributed by atoms with E-state index in [1.807, 2.05) is 66.4 Å². The molecule has 0 saturated carbocycles. The second-order valence-electron chi connectivity index (χ2n) is 6.80.